The Morgan fingerprint density at radius 1 is 0.980 bits per heavy atom. The maximum Gasteiger partial charge on any atom is 0.305 e. The second-order valence-corrected chi connectivity index (χ2v) is 12.2. The first-order chi connectivity index (χ1) is 23.6. The first-order valence-corrected chi connectivity index (χ1v) is 16.5. The molecule has 14 nitrogen and oxygen atoms in total. The number of anilines is 1. The van der Waals surface area contributed by atoms with E-state index in [4.69, 9.17) is 24.7 Å². The predicted octanol–water partition coefficient (Wildman–Crippen LogP) is 5.14. The van der Waals surface area contributed by atoms with E-state index in [1.54, 1.807) is 41.1 Å². The molecule has 5 rings (SSSR count). The number of ketones is 1. The summed E-state index contributed by atoms with van der Waals surface area (Å²) in [7, 11) is 4.35. The maximum absolute atomic E-state index is 13.3. The zero-order valence-corrected chi connectivity index (χ0v) is 28.8. The molecule has 0 atom stereocenters. The van der Waals surface area contributed by atoms with Crippen LogP contribution in [0.1, 0.15) is 68.8 Å². The Morgan fingerprint density at radius 3 is 2.43 bits per heavy atom. The van der Waals surface area contributed by atoms with Gasteiger partial charge in [0.05, 0.1) is 51.1 Å². The van der Waals surface area contributed by atoms with Crippen LogP contribution in [0, 0.1) is 6.92 Å². The smallest absolute Gasteiger partial charge is 0.305 e. The zero-order valence-electron chi connectivity index (χ0n) is 28.0. The fourth-order valence-electron chi connectivity index (χ4n) is 5.44. The van der Waals surface area contributed by atoms with E-state index < -0.39 is 11.9 Å². The van der Waals surface area contributed by atoms with Crippen molar-refractivity contribution < 1.29 is 38.1 Å². The number of hydrogen-bond donors (Lipinski definition) is 2. The first kappa shape index (κ1) is 34.9. The number of nitrogens with zero attached hydrogens (tertiary/aromatic N) is 4. The van der Waals surface area contributed by atoms with Gasteiger partial charge in [0.15, 0.2) is 17.3 Å². The molecule has 0 saturated carbocycles. The number of primary amides is 1. The van der Waals surface area contributed by atoms with Crippen molar-refractivity contribution in [3.63, 3.8) is 0 Å². The number of rotatable bonds is 16. The summed E-state index contributed by atoms with van der Waals surface area (Å²) in [5.41, 5.74) is 8.15. The monoisotopic (exact) mass is 690 g/mol. The lowest BCUT2D eigenvalue weighted by Crippen LogP contribution is -2.20. The SMILES string of the molecule is CCn1nc(C)cc1C(=O)Nc1nc2cc(C(N)=O)ccc2n1CCCCOc1c(C(=O)CCC(=O)OC)sc2cc(OC)c(OC)cc12. The van der Waals surface area contributed by atoms with Gasteiger partial charge >= 0.3 is 5.97 Å². The van der Waals surface area contributed by atoms with Crippen LogP contribution in [0.4, 0.5) is 5.95 Å². The van der Waals surface area contributed by atoms with Crippen LogP contribution in [-0.2, 0) is 22.6 Å². The summed E-state index contributed by atoms with van der Waals surface area (Å²) in [5.74, 6) is 0.0824. The van der Waals surface area contributed by atoms with Crippen molar-refractivity contribution in [1.29, 1.82) is 0 Å². The molecule has 2 aromatic carbocycles. The number of carbonyl (C=O) groups excluding carboxylic acids is 4. The molecule has 0 fully saturated rings. The third-order valence-corrected chi connectivity index (χ3v) is 9.08. The van der Waals surface area contributed by atoms with Gasteiger partial charge in [0, 0.05) is 41.2 Å². The number of methoxy groups -OCH3 is 3. The second-order valence-electron chi connectivity index (χ2n) is 11.1. The molecule has 3 heterocycles. The lowest BCUT2D eigenvalue weighted by atomic mass is 10.1. The van der Waals surface area contributed by atoms with Crippen LogP contribution in [-0.4, -0.2) is 70.8 Å². The van der Waals surface area contributed by atoms with Crippen molar-refractivity contribution in [1.82, 2.24) is 19.3 Å². The first-order valence-electron chi connectivity index (χ1n) is 15.7. The number of nitrogens with two attached hydrogens (primary N) is 1. The summed E-state index contributed by atoms with van der Waals surface area (Å²) in [6.07, 6.45) is 1.12. The number of imidazole rings is 1. The van der Waals surface area contributed by atoms with Crippen LogP contribution in [0.15, 0.2) is 36.4 Å². The van der Waals surface area contributed by atoms with Gasteiger partial charge in [-0.15, -0.1) is 11.3 Å². The Hall–Kier alpha value is -5.44. The number of aromatic nitrogens is 4. The molecule has 0 unspecified atom stereocenters. The number of aryl methyl sites for hydroxylation is 3. The van der Waals surface area contributed by atoms with Crippen LogP contribution in [0.3, 0.4) is 0 Å². The minimum atomic E-state index is -0.582. The molecule has 2 amide bonds. The van der Waals surface area contributed by atoms with Gasteiger partial charge in [0.1, 0.15) is 16.3 Å². The average molecular weight is 691 g/mol. The van der Waals surface area contributed by atoms with Gasteiger partial charge in [0.2, 0.25) is 11.9 Å². The molecular weight excluding hydrogens is 652 g/mol. The topological polar surface area (TPSA) is 179 Å². The normalized spacial score (nSPS) is 11.1. The van der Waals surface area contributed by atoms with Crippen molar-refractivity contribution in [2.75, 3.05) is 33.3 Å². The zero-order chi connectivity index (χ0) is 35.2. The highest BCUT2D eigenvalue weighted by Gasteiger charge is 2.23. The average Bonchev–Trinajstić information content (AvgIpc) is 3.77. The van der Waals surface area contributed by atoms with Gasteiger partial charge in [-0.25, -0.2) is 4.98 Å². The number of carbonyl (C=O) groups is 4. The number of fused-ring (bicyclic) bond motifs is 2. The number of ether oxygens (including phenoxy) is 4. The number of nitrogens with one attached hydrogen (secondary N) is 1. The van der Waals surface area contributed by atoms with Gasteiger partial charge in [-0.3, -0.25) is 29.2 Å². The molecule has 0 saturated heterocycles. The van der Waals surface area contributed by atoms with Gasteiger partial charge < -0.3 is 29.2 Å². The van der Waals surface area contributed by atoms with Crippen LogP contribution in [0.5, 0.6) is 17.2 Å². The summed E-state index contributed by atoms with van der Waals surface area (Å²) in [5, 5.41) is 7.97. The summed E-state index contributed by atoms with van der Waals surface area (Å²) in [6, 6.07) is 10.2. The van der Waals surface area contributed by atoms with Crippen LogP contribution >= 0.6 is 11.3 Å². The van der Waals surface area contributed by atoms with E-state index in [0.29, 0.717) is 81.7 Å². The van der Waals surface area contributed by atoms with Crippen molar-refractivity contribution in [3.05, 3.63) is 58.2 Å². The van der Waals surface area contributed by atoms with Crippen molar-refractivity contribution in [3.8, 4) is 17.2 Å². The van der Waals surface area contributed by atoms with Crippen molar-refractivity contribution >= 4 is 62.0 Å². The van der Waals surface area contributed by atoms with Gasteiger partial charge in [-0.1, -0.05) is 0 Å². The summed E-state index contributed by atoms with van der Waals surface area (Å²) < 4.78 is 26.2. The molecule has 49 heavy (non-hydrogen) atoms. The number of hydrogen-bond acceptors (Lipinski definition) is 11. The number of benzene rings is 2. The summed E-state index contributed by atoms with van der Waals surface area (Å²) >= 11 is 1.26. The molecule has 258 valence electrons. The fraction of sp³-hybridized carbons (Fsp3) is 0.353. The number of esters is 1. The molecule has 3 aromatic heterocycles. The predicted molar refractivity (Wildman–Crippen MR) is 184 cm³/mol. The fourth-order valence-corrected chi connectivity index (χ4v) is 6.57. The van der Waals surface area contributed by atoms with E-state index in [9.17, 15) is 19.2 Å². The molecule has 0 aliphatic heterocycles. The van der Waals surface area contributed by atoms with Gasteiger partial charge in [-0.05, 0) is 57.0 Å². The van der Waals surface area contributed by atoms with E-state index in [1.807, 2.05) is 18.4 Å². The highest BCUT2D eigenvalue weighted by atomic mass is 32.1. The van der Waals surface area contributed by atoms with Crippen molar-refractivity contribution in [2.24, 2.45) is 5.73 Å². The van der Waals surface area contributed by atoms with Crippen molar-refractivity contribution in [2.45, 2.75) is 52.6 Å². The Morgan fingerprint density at radius 2 is 1.73 bits per heavy atom. The van der Waals surface area contributed by atoms with Gasteiger partial charge in [-0.2, -0.15) is 5.10 Å². The van der Waals surface area contributed by atoms with E-state index in [0.717, 1.165) is 10.4 Å². The van der Waals surface area contributed by atoms with Gasteiger partial charge in [0.25, 0.3) is 5.91 Å². The third kappa shape index (κ3) is 7.51. The lowest BCUT2D eigenvalue weighted by molar-refractivity contribution is -0.140. The van der Waals surface area contributed by atoms with E-state index in [1.165, 1.54) is 32.7 Å². The molecule has 5 aromatic rings. The Kier molecular flexibility index (Phi) is 10.8. The van der Waals surface area contributed by atoms with E-state index in [2.05, 4.69) is 15.4 Å². The highest BCUT2D eigenvalue weighted by molar-refractivity contribution is 7.21. The summed E-state index contributed by atoms with van der Waals surface area (Å²) in [6.45, 7) is 4.97. The number of amides is 2. The largest absolute Gasteiger partial charge is 0.493 e. The number of unbranched alkanes of at least 4 members (excludes halogenated alkanes) is 1. The minimum absolute atomic E-state index is 0.0254. The van der Waals surface area contributed by atoms with Crippen LogP contribution in [0.2, 0.25) is 0 Å². The van der Waals surface area contributed by atoms with E-state index in [-0.39, 0.29) is 31.1 Å². The Balaban J connectivity index is 1.36. The highest BCUT2D eigenvalue weighted by Crippen LogP contribution is 2.44. The number of thiophene rings is 1. The lowest BCUT2D eigenvalue weighted by Gasteiger charge is -2.12. The molecule has 0 spiro atoms. The maximum atomic E-state index is 13.3. The standard InChI is InChI=1S/C34H38N6O8S/c1-6-40-24(15-19(2)38-40)33(44)37-34-36-22-16-20(32(35)43)9-10-23(22)39(34)13-7-8-14-48-30-21-17-26(45-3)27(46-4)18-28(21)49-31(30)25(41)11-12-29(42)47-5/h9-10,15-18H,6-8,11-14H2,1-5H3,(H2,35,43)(H,36,37,44). The quantitative estimate of drug-likeness (QED) is 0.0800. The Bertz CT molecular complexity index is 2050. The summed E-state index contributed by atoms with van der Waals surface area (Å²) in [4.78, 5) is 55.2. The molecular formula is C34H38N6O8S. The molecule has 0 radical (unpaired) electrons. The van der Waals surface area contributed by atoms with E-state index >= 15 is 0 Å². The third-order valence-electron chi connectivity index (χ3n) is 7.90. The molecule has 3 N–H and O–H groups in total. The Labute approximate surface area is 286 Å². The molecule has 0 bridgehead atoms. The molecule has 0 aliphatic rings. The number of Topliss-reactive ketones (excluding diaryl/α,β-unsaturated/α-hetero) is 1. The molecule has 15 heteroatoms. The van der Waals surface area contributed by atoms with Crippen LogP contribution < -0.4 is 25.3 Å². The second kappa shape index (κ2) is 15.2. The molecule has 0 aliphatic carbocycles. The minimum Gasteiger partial charge on any atom is -0.493 e. The van der Waals surface area contributed by atoms with Crippen LogP contribution in [0.25, 0.3) is 21.1 Å².